The van der Waals surface area contributed by atoms with Crippen LogP contribution in [0.15, 0.2) is 78.9 Å². The van der Waals surface area contributed by atoms with Gasteiger partial charge in [0.25, 0.3) is 0 Å². The van der Waals surface area contributed by atoms with Crippen molar-refractivity contribution in [2.45, 2.75) is 13.3 Å². The molecule has 0 atom stereocenters. The number of likely N-dealkylation sites (N-methyl/N-ethyl adjacent to an activating group) is 1. The molecule has 0 aliphatic carbocycles. The fourth-order valence-corrected chi connectivity index (χ4v) is 3.88. The molecule has 0 aliphatic rings. The van der Waals surface area contributed by atoms with Crippen LogP contribution in [-0.4, -0.2) is 44.7 Å². The van der Waals surface area contributed by atoms with E-state index < -0.39 is 15.6 Å². The third-order valence-corrected chi connectivity index (χ3v) is 5.36. The molecule has 0 heterocycles. The number of benzene rings is 3. The first-order valence-electron chi connectivity index (χ1n) is 11.2. The Balaban J connectivity index is 0.000000877. The van der Waals surface area contributed by atoms with Gasteiger partial charge in [-0.15, -0.1) is 0 Å². The molecule has 0 aromatic heterocycles. The summed E-state index contributed by atoms with van der Waals surface area (Å²) >= 11 is 0. The van der Waals surface area contributed by atoms with Crippen molar-refractivity contribution in [3.05, 3.63) is 95.6 Å². The molecule has 3 aromatic carbocycles. The number of allylic oxidation sites excluding steroid dienone is 1. The Morgan fingerprint density at radius 2 is 1.24 bits per heavy atom. The van der Waals surface area contributed by atoms with Gasteiger partial charge in [0.1, 0.15) is 18.1 Å². The molecule has 0 fully saturated rings. The lowest BCUT2D eigenvalue weighted by molar-refractivity contribution is 0.274. The van der Waals surface area contributed by atoms with E-state index >= 15 is 0 Å². The first kappa shape index (κ1) is 30.4. The molecule has 0 amide bonds. The molecule has 3 aromatic rings. The Morgan fingerprint density at radius 1 is 0.757 bits per heavy atom. The Bertz CT molecular complexity index is 1230. The maximum atomic E-state index is 11.2. The molecule has 3 rings (SSSR count). The van der Waals surface area contributed by atoms with E-state index in [2.05, 4.69) is 24.4 Å². The molecule has 0 unspecified atom stereocenters. The average molecular weight is 551 g/mol. The third kappa shape index (κ3) is 11.4. The van der Waals surface area contributed by atoms with Crippen LogP contribution in [0.4, 0.5) is 0 Å². The number of hydrogen-bond acceptors (Lipinski definition) is 5. The predicted octanol–water partition coefficient (Wildman–Crippen LogP) is 4.20. The van der Waals surface area contributed by atoms with Crippen molar-refractivity contribution >= 4 is 26.8 Å². The molecular weight excluding hydrogens is 520 g/mol. The summed E-state index contributed by atoms with van der Waals surface area (Å²) in [4.78, 5) is 39.7. The van der Waals surface area contributed by atoms with Gasteiger partial charge in [-0.2, -0.15) is 0 Å². The van der Waals surface area contributed by atoms with Gasteiger partial charge >= 0.3 is 15.6 Å². The monoisotopic (exact) mass is 551 g/mol. The lowest BCUT2D eigenvalue weighted by atomic mass is 9.88. The van der Waals surface area contributed by atoms with Gasteiger partial charge in [-0.1, -0.05) is 61.5 Å². The lowest BCUT2D eigenvalue weighted by Crippen LogP contribution is -2.15. The Morgan fingerprint density at radius 3 is 1.68 bits per heavy atom. The summed E-state index contributed by atoms with van der Waals surface area (Å²) in [5.41, 5.74) is 5.28. The van der Waals surface area contributed by atoms with Crippen LogP contribution in [0.1, 0.15) is 30.0 Å². The van der Waals surface area contributed by atoms with Gasteiger partial charge in [0.05, 0.1) is 0 Å². The zero-order chi connectivity index (χ0) is 27.5. The second-order valence-electron chi connectivity index (χ2n) is 7.67. The van der Waals surface area contributed by atoms with Crippen molar-refractivity contribution in [1.29, 1.82) is 0 Å². The van der Waals surface area contributed by atoms with Crippen LogP contribution in [0, 0.1) is 0 Å². The van der Waals surface area contributed by atoms with Crippen LogP contribution in [0.2, 0.25) is 0 Å². The van der Waals surface area contributed by atoms with Gasteiger partial charge in [-0.05, 0) is 65.6 Å². The van der Waals surface area contributed by atoms with Gasteiger partial charge in [0, 0.05) is 6.54 Å². The van der Waals surface area contributed by atoms with Crippen molar-refractivity contribution in [2.24, 2.45) is 0 Å². The van der Waals surface area contributed by atoms with Gasteiger partial charge in [0.15, 0.2) is 0 Å². The summed E-state index contributed by atoms with van der Waals surface area (Å²) in [5.74, 6) is 0.916. The standard InChI is InChI=1S/C25H28NO5P.H3O4P/c1-3-24(19-7-5-4-6-8-19)25(20-9-13-22(14-10-20)30-18-17-26-2)21-11-15-23(16-12-21)31-32(27,28)29;1-5(2,3)4/h4-16,26H,3,17-18H2,1-2H3,(H2,27,28,29);(H3,1,2,3,4). The fraction of sp³-hybridized carbons (Fsp3) is 0.200. The quantitative estimate of drug-likeness (QED) is 0.122. The minimum absolute atomic E-state index is 0.118. The molecular formula is C25H31NO9P2. The zero-order valence-electron chi connectivity index (χ0n) is 20.4. The summed E-state index contributed by atoms with van der Waals surface area (Å²) < 4.78 is 30.5. The minimum atomic E-state index is -4.64. The molecule has 0 radical (unpaired) electrons. The molecule has 0 bridgehead atoms. The van der Waals surface area contributed by atoms with Crippen molar-refractivity contribution in [3.63, 3.8) is 0 Å². The van der Waals surface area contributed by atoms with Crippen LogP contribution in [-0.2, 0) is 9.13 Å². The second-order valence-corrected chi connectivity index (χ2v) is 9.86. The maximum absolute atomic E-state index is 11.2. The van der Waals surface area contributed by atoms with Crippen LogP contribution in [0.3, 0.4) is 0 Å². The van der Waals surface area contributed by atoms with Gasteiger partial charge < -0.3 is 29.3 Å². The number of nitrogens with one attached hydrogen (secondary N) is 1. The molecule has 200 valence electrons. The number of phosphoric ester groups is 1. The van der Waals surface area contributed by atoms with E-state index in [-0.39, 0.29) is 5.75 Å². The molecule has 12 heteroatoms. The number of ether oxygens (including phenoxy) is 1. The second kappa shape index (κ2) is 14.2. The van der Waals surface area contributed by atoms with Crippen molar-refractivity contribution < 1.29 is 42.9 Å². The zero-order valence-corrected chi connectivity index (χ0v) is 22.2. The minimum Gasteiger partial charge on any atom is -0.492 e. The van der Waals surface area contributed by atoms with Crippen molar-refractivity contribution in [2.75, 3.05) is 20.2 Å². The molecule has 0 saturated carbocycles. The van der Waals surface area contributed by atoms with E-state index in [0.29, 0.717) is 6.61 Å². The summed E-state index contributed by atoms with van der Waals surface area (Å²) in [5, 5.41) is 3.06. The molecule has 0 saturated heterocycles. The Labute approximate surface area is 215 Å². The van der Waals surface area contributed by atoms with E-state index in [1.807, 2.05) is 61.6 Å². The van der Waals surface area contributed by atoms with E-state index in [9.17, 15) is 4.57 Å². The molecule has 0 spiro atoms. The normalized spacial score (nSPS) is 12.2. The van der Waals surface area contributed by atoms with Gasteiger partial charge in [0.2, 0.25) is 0 Å². The highest BCUT2D eigenvalue weighted by Crippen LogP contribution is 2.39. The van der Waals surface area contributed by atoms with Crippen LogP contribution >= 0.6 is 15.6 Å². The topological polar surface area (TPSA) is 166 Å². The highest BCUT2D eigenvalue weighted by Gasteiger charge is 2.17. The Hall–Kier alpha value is -2.78. The van der Waals surface area contributed by atoms with Crippen LogP contribution in [0.5, 0.6) is 11.5 Å². The first-order valence-corrected chi connectivity index (χ1v) is 14.3. The lowest BCUT2D eigenvalue weighted by Gasteiger charge is -2.17. The Kier molecular flexibility index (Phi) is 11.7. The summed E-state index contributed by atoms with van der Waals surface area (Å²) in [6, 6.07) is 24.9. The highest BCUT2D eigenvalue weighted by molar-refractivity contribution is 7.46. The maximum Gasteiger partial charge on any atom is 0.524 e. The predicted molar refractivity (Wildman–Crippen MR) is 142 cm³/mol. The number of rotatable bonds is 10. The van der Waals surface area contributed by atoms with Crippen molar-refractivity contribution in [3.8, 4) is 11.5 Å². The molecule has 0 aliphatic heterocycles. The van der Waals surface area contributed by atoms with Crippen LogP contribution < -0.4 is 14.6 Å². The highest BCUT2D eigenvalue weighted by atomic mass is 31.2. The largest absolute Gasteiger partial charge is 0.524 e. The molecule has 10 nitrogen and oxygen atoms in total. The van der Waals surface area contributed by atoms with E-state index in [4.69, 9.17) is 38.3 Å². The molecule has 6 N–H and O–H groups in total. The summed E-state index contributed by atoms with van der Waals surface area (Å²) in [6.45, 7) is 3.47. The average Bonchev–Trinajstić information content (AvgIpc) is 2.82. The molecule has 37 heavy (non-hydrogen) atoms. The van der Waals surface area contributed by atoms with E-state index in [0.717, 1.165) is 46.6 Å². The SMILES string of the molecule is CCC(=C(c1ccc(OCCNC)cc1)c1ccc(OP(=O)(O)O)cc1)c1ccccc1.O=P(O)(O)O. The summed E-state index contributed by atoms with van der Waals surface area (Å²) in [6.07, 6.45) is 0.806. The third-order valence-electron chi connectivity index (χ3n) is 4.91. The van der Waals surface area contributed by atoms with Crippen molar-refractivity contribution in [1.82, 2.24) is 5.32 Å². The summed E-state index contributed by atoms with van der Waals surface area (Å²) in [7, 11) is -7.36. The van der Waals surface area contributed by atoms with Gasteiger partial charge in [-0.3, -0.25) is 9.79 Å². The number of hydrogen-bond donors (Lipinski definition) is 6. The van der Waals surface area contributed by atoms with E-state index in [1.165, 1.54) is 0 Å². The number of phosphoric acid groups is 2. The first-order chi connectivity index (χ1) is 17.4. The van der Waals surface area contributed by atoms with E-state index in [1.54, 1.807) is 12.1 Å². The van der Waals surface area contributed by atoms with Gasteiger partial charge in [-0.25, -0.2) is 9.13 Å². The van der Waals surface area contributed by atoms with Crippen LogP contribution in [0.25, 0.3) is 11.1 Å². The fourth-order valence-electron chi connectivity index (χ4n) is 3.49. The smallest absolute Gasteiger partial charge is 0.492 e.